The summed E-state index contributed by atoms with van der Waals surface area (Å²) in [5.74, 6) is -6.68. The first-order valence-electron chi connectivity index (χ1n) is 4.86. The Morgan fingerprint density at radius 2 is 1.74 bits per heavy atom. The standard InChI is InChI=1S/C11H4F4N4/c12-6-3-7(13)9(15)10(8(6)14)18-11-5(4-16)1-2-17-19-11/h1-3H,(H,18,19). The lowest BCUT2D eigenvalue weighted by Gasteiger charge is -2.09. The van der Waals surface area contributed by atoms with Crippen molar-refractivity contribution in [2.45, 2.75) is 0 Å². The molecule has 0 atom stereocenters. The van der Waals surface area contributed by atoms with Gasteiger partial charge in [0.05, 0.1) is 11.8 Å². The fraction of sp³-hybridized carbons (Fsp3) is 0. The van der Waals surface area contributed by atoms with Crippen LogP contribution in [-0.4, -0.2) is 10.2 Å². The van der Waals surface area contributed by atoms with E-state index in [-0.39, 0.29) is 17.4 Å². The maximum atomic E-state index is 13.4. The summed E-state index contributed by atoms with van der Waals surface area (Å²) >= 11 is 0. The molecule has 0 radical (unpaired) electrons. The largest absolute Gasteiger partial charge is 0.333 e. The van der Waals surface area contributed by atoms with Crippen LogP contribution in [0.4, 0.5) is 29.1 Å². The van der Waals surface area contributed by atoms with Gasteiger partial charge in [-0.3, -0.25) is 0 Å². The van der Waals surface area contributed by atoms with Crippen LogP contribution in [0, 0.1) is 34.6 Å². The molecular weight excluding hydrogens is 264 g/mol. The number of benzene rings is 1. The van der Waals surface area contributed by atoms with Gasteiger partial charge in [-0.05, 0) is 6.07 Å². The lowest BCUT2D eigenvalue weighted by molar-refractivity contribution is 0.459. The van der Waals surface area contributed by atoms with Crippen molar-refractivity contribution in [2.75, 3.05) is 5.32 Å². The van der Waals surface area contributed by atoms with Crippen molar-refractivity contribution in [1.82, 2.24) is 10.2 Å². The summed E-state index contributed by atoms with van der Waals surface area (Å²) in [7, 11) is 0. The van der Waals surface area contributed by atoms with Gasteiger partial charge in [0.1, 0.15) is 11.8 Å². The maximum Gasteiger partial charge on any atom is 0.185 e. The van der Waals surface area contributed by atoms with E-state index in [9.17, 15) is 17.6 Å². The molecule has 19 heavy (non-hydrogen) atoms. The van der Waals surface area contributed by atoms with Crippen LogP contribution in [0.2, 0.25) is 0 Å². The number of nitriles is 1. The lowest BCUT2D eigenvalue weighted by atomic mass is 10.2. The lowest BCUT2D eigenvalue weighted by Crippen LogP contribution is -2.05. The van der Waals surface area contributed by atoms with Gasteiger partial charge in [0.15, 0.2) is 29.1 Å². The van der Waals surface area contributed by atoms with Crippen LogP contribution in [0.1, 0.15) is 5.56 Å². The number of anilines is 2. The highest BCUT2D eigenvalue weighted by molar-refractivity contribution is 5.63. The number of nitrogens with one attached hydrogen (secondary N) is 1. The van der Waals surface area contributed by atoms with Crippen LogP contribution < -0.4 is 5.32 Å². The molecule has 0 bridgehead atoms. The molecule has 0 aliphatic rings. The molecule has 8 heteroatoms. The van der Waals surface area contributed by atoms with E-state index in [1.165, 1.54) is 12.3 Å². The van der Waals surface area contributed by atoms with Gasteiger partial charge in [0.2, 0.25) is 0 Å². The Hall–Kier alpha value is -2.69. The third-order valence-electron chi connectivity index (χ3n) is 2.20. The fourth-order valence-corrected chi connectivity index (χ4v) is 1.32. The first-order valence-corrected chi connectivity index (χ1v) is 4.86. The van der Waals surface area contributed by atoms with Crippen LogP contribution in [-0.2, 0) is 0 Å². The van der Waals surface area contributed by atoms with Crippen molar-refractivity contribution in [3.8, 4) is 6.07 Å². The van der Waals surface area contributed by atoms with Crippen LogP contribution in [0.25, 0.3) is 0 Å². The van der Waals surface area contributed by atoms with Crippen molar-refractivity contribution >= 4 is 11.5 Å². The zero-order valence-electron chi connectivity index (χ0n) is 9.09. The first-order chi connectivity index (χ1) is 9.04. The van der Waals surface area contributed by atoms with Crippen LogP contribution in [0.3, 0.4) is 0 Å². The van der Waals surface area contributed by atoms with E-state index in [0.29, 0.717) is 0 Å². The normalized spacial score (nSPS) is 10.1. The van der Waals surface area contributed by atoms with E-state index in [1.807, 2.05) is 5.32 Å². The topological polar surface area (TPSA) is 61.6 Å². The highest BCUT2D eigenvalue weighted by Crippen LogP contribution is 2.27. The molecule has 0 aliphatic heterocycles. The minimum absolute atomic E-state index is 0.0811. The molecule has 0 fully saturated rings. The molecule has 2 aromatic rings. The summed E-state index contributed by atoms with van der Waals surface area (Å²) in [5.41, 5.74) is -1.16. The molecular formula is C11H4F4N4. The molecule has 0 amide bonds. The number of rotatable bonds is 2. The highest BCUT2D eigenvalue weighted by atomic mass is 19.2. The number of hydrogen-bond donors (Lipinski definition) is 1. The summed E-state index contributed by atoms with van der Waals surface area (Å²) in [6.45, 7) is 0. The quantitative estimate of drug-likeness (QED) is 0.671. The van der Waals surface area contributed by atoms with Crippen molar-refractivity contribution in [3.63, 3.8) is 0 Å². The van der Waals surface area contributed by atoms with E-state index < -0.39 is 29.0 Å². The minimum atomic E-state index is -1.62. The van der Waals surface area contributed by atoms with Crippen LogP contribution >= 0.6 is 0 Å². The molecule has 96 valence electrons. The van der Waals surface area contributed by atoms with E-state index in [0.717, 1.165) is 0 Å². The summed E-state index contributed by atoms with van der Waals surface area (Å²) < 4.78 is 52.7. The van der Waals surface area contributed by atoms with E-state index in [4.69, 9.17) is 5.26 Å². The Balaban J connectivity index is 2.53. The minimum Gasteiger partial charge on any atom is -0.333 e. The van der Waals surface area contributed by atoms with Crippen molar-refractivity contribution in [3.05, 3.63) is 47.2 Å². The van der Waals surface area contributed by atoms with Gasteiger partial charge in [-0.25, -0.2) is 17.6 Å². The number of aromatic nitrogens is 2. The molecule has 0 unspecified atom stereocenters. The van der Waals surface area contributed by atoms with Gasteiger partial charge in [-0.1, -0.05) is 0 Å². The highest BCUT2D eigenvalue weighted by Gasteiger charge is 2.20. The fourth-order valence-electron chi connectivity index (χ4n) is 1.32. The molecule has 0 saturated carbocycles. The molecule has 2 rings (SSSR count). The van der Waals surface area contributed by atoms with Gasteiger partial charge in [0, 0.05) is 6.07 Å². The predicted octanol–water partition coefficient (Wildman–Crippen LogP) is 2.65. The number of nitrogens with zero attached hydrogens (tertiary/aromatic N) is 3. The zero-order chi connectivity index (χ0) is 14.0. The van der Waals surface area contributed by atoms with Gasteiger partial charge >= 0.3 is 0 Å². The molecule has 1 N–H and O–H groups in total. The van der Waals surface area contributed by atoms with Gasteiger partial charge in [0.25, 0.3) is 0 Å². The van der Waals surface area contributed by atoms with E-state index in [2.05, 4.69) is 10.2 Å². The Morgan fingerprint density at radius 3 is 2.32 bits per heavy atom. The monoisotopic (exact) mass is 268 g/mol. The second kappa shape index (κ2) is 4.89. The van der Waals surface area contributed by atoms with Crippen LogP contribution in [0.15, 0.2) is 18.3 Å². The second-order valence-electron chi connectivity index (χ2n) is 3.37. The summed E-state index contributed by atoms with van der Waals surface area (Å²) in [6.07, 6.45) is 1.18. The Bertz CT molecular complexity index is 655. The molecule has 0 spiro atoms. The summed E-state index contributed by atoms with van der Waals surface area (Å²) in [5, 5.41) is 17.6. The van der Waals surface area contributed by atoms with Crippen molar-refractivity contribution in [2.24, 2.45) is 0 Å². The van der Waals surface area contributed by atoms with E-state index >= 15 is 0 Å². The SMILES string of the molecule is N#Cc1ccnnc1Nc1c(F)c(F)cc(F)c1F. The third kappa shape index (κ3) is 2.30. The number of halogens is 4. The zero-order valence-corrected chi connectivity index (χ0v) is 9.09. The molecule has 0 saturated heterocycles. The van der Waals surface area contributed by atoms with Crippen molar-refractivity contribution < 1.29 is 17.6 Å². The molecule has 0 aliphatic carbocycles. The Labute approximate surface area is 104 Å². The van der Waals surface area contributed by atoms with Crippen LogP contribution in [0.5, 0.6) is 0 Å². The Morgan fingerprint density at radius 1 is 1.11 bits per heavy atom. The van der Waals surface area contributed by atoms with Gasteiger partial charge in [-0.15, -0.1) is 5.10 Å². The molecule has 4 nitrogen and oxygen atoms in total. The predicted molar refractivity (Wildman–Crippen MR) is 56.3 cm³/mol. The molecule has 1 aromatic heterocycles. The molecule has 1 aromatic carbocycles. The third-order valence-corrected chi connectivity index (χ3v) is 2.20. The number of hydrogen-bond acceptors (Lipinski definition) is 4. The Kier molecular flexibility index (Phi) is 3.29. The van der Waals surface area contributed by atoms with E-state index in [1.54, 1.807) is 6.07 Å². The summed E-state index contributed by atoms with van der Waals surface area (Å²) in [4.78, 5) is 0. The average Bonchev–Trinajstić information content (AvgIpc) is 2.42. The van der Waals surface area contributed by atoms with Gasteiger partial charge in [-0.2, -0.15) is 10.4 Å². The molecule has 1 heterocycles. The van der Waals surface area contributed by atoms with Gasteiger partial charge < -0.3 is 5.32 Å². The first kappa shape index (κ1) is 12.8. The second-order valence-corrected chi connectivity index (χ2v) is 3.37. The smallest absolute Gasteiger partial charge is 0.185 e. The maximum absolute atomic E-state index is 13.4. The average molecular weight is 268 g/mol. The summed E-state index contributed by atoms with van der Waals surface area (Å²) in [6, 6.07) is 2.99. The van der Waals surface area contributed by atoms with Crippen molar-refractivity contribution in [1.29, 1.82) is 5.26 Å².